The molecule has 0 aliphatic rings. The first kappa shape index (κ1) is 21.5. The van der Waals surface area contributed by atoms with Crippen LogP contribution in [0.2, 0.25) is 0 Å². The van der Waals surface area contributed by atoms with E-state index in [1.54, 1.807) is 24.3 Å². The molecule has 0 fully saturated rings. The molecule has 0 bridgehead atoms. The summed E-state index contributed by atoms with van der Waals surface area (Å²) in [6, 6.07) is 19.4. The highest BCUT2D eigenvalue weighted by molar-refractivity contribution is 7.86. The van der Waals surface area contributed by atoms with Crippen LogP contribution in [0, 0.1) is 10.1 Å². The van der Waals surface area contributed by atoms with E-state index in [9.17, 15) is 18.5 Å². The first-order valence-electron chi connectivity index (χ1n) is 9.55. The van der Waals surface area contributed by atoms with Crippen molar-refractivity contribution in [1.82, 2.24) is 0 Å². The molecule has 4 aromatic carbocycles. The van der Waals surface area contributed by atoms with Gasteiger partial charge >= 0.3 is 16.3 Å². The Morgan fingerprint density at radius 2 is 1.31 bits per heavy atom. The van der Waals surface area contributed by atoms with Crippen LogP contribution >= 0.6 is 0 Å². The molecule has 1 atom stereocenters. The lowest BCUT2D eigenvalue weighted by atomic mass is 10.0. The summed E-state index contributed by atoms with van der Waals surface area (Å²) in [7, 11) is -1.46. The predicted molar refractivity (Wildman–Crippen MR) is 119 cm³/mol. The van der Waals surface area contributed by atoms with Crippen LogP contribution in [-0.4, -0.2) is 27.6 Å². The van der Waals surface area contributed by atoms with Crippen molar-refractivity contribution in [2.45, 2.75) is 11.1 Å². The zero-order valence-corrected chi connectivity index (χ0v) is 18.0. The van der Waals surface area contributed by atoms with Gasteiger partial charge in [-0.25, -0.2) is 0 Å². The van der Waals surface area contributed by atoms with E-state index in [4.69, 9.17) is 13.7 Å². The number of hydrogen-bond donors (Lipinski definition) is 0. The van der Waals surface area contributed by atoms with Gasteiger partial charge in [0.1, 0.15) is 11.5 Å². The molecule has 8 nitrogen and oxygen atoms in total. The van der Waals surface area contributed by atoms with Crippen molar-refractivity contribution in [2.75, 3.05) is 14.2 Å². The fourth-order valence-corrected chi connectivity index (χ4v) is 4.71. The maximum Gasteiger partial charge on any atom is 0.356 e. The van der Waals surface area contributed by atoms with Gasteiger partial charge in [0.05, 0.1) is 29.6 Å². The van der Waals surface area contributed by atoms with E-state index in [1.165, 1.54) is 38.5 Å². The number of benzene rings is 4. The molecule has 164 valence electrons. The fraction of sp³-hybridized carbons (Fsp3) is 0.130. The highest BCUT2D eigenvalue weighted by Crippen LogP contribution is 2.43. The number of nitro groups is 1. The van der Waals surface area contributed by atoms with E-state index < -0.39 is 21.3 Å². The minimum absolute atomic E-state index is 0.118. The average Bonchev–Trinajstić information content (AvgIpc) is 2.81. The summed E-state index contributed by atoms with van der Waals surface area (Å²) < 4.78 is 42.2. The second kappa shape index (κ2) is 8.45. The molecule has 0 amide bonds. The van der Waals surface area contributed by atoms with E-state index in [-0.39, 0.29) is 10.5 Å². The van der Waals surface area contributed by atoms with Crippen molar-refractivity contribution < 1.29 is 27.0 Å². The minimum Gasteiger partial charge on any atom is -0.495 e. The molecule has 0 aromatic heterocycles. The zero-order valence-electron chi connectivity index (χ0n) is 17.2. The summed E-state index contributed by atoms with van der Waals surface area (Å²) in [5.74, 6) is 1.02. The lowest BCUT2D eigenvalue weighted by Gasteiger charge is -2.16. The molecule has 0 saturated carbocycles. The zero-order chi connectivity index (χ0) is 22.9. The van der Waals surface area contributed by atoms with Gasteiger partial charge in [-0.15, -0.1) is 0 Å². The van der Waals surface area contributed by atoms with Crippen molar-refractivity contribution in [3.05, 3.63) is 88.5 Å². The molecule has 0 spiro atoms. The molecule has 32 heavy (non-hydrogen) atoms. The van der Waals surface area contributed by atoms with Gasteiger partial charge in [-0.1, -0.05) is 42.5 Å². The Kier molecular flexibility index (Phi) is 5.68. The maximum atomic E-state index is 13.0. The molecule has 0 radical (unpaired) electrons. The predicted octanol–water partition coefficient (Wildman–Crippen LogP) is 4.69. The molecule has 0 saturated heterocycles. The van der Waals surface area contributed by atoms with E-state index in [2.05, 4.69) is 0 Å². The molecule has 0 aliphatic carbocycles. The monoisotopic (exact) mass is 453 g/mol. The van der Waals surface area contributed by atoms with Gasteiger partial charge < -0.3 is 9.47 Å². The molecular weight excluding hydrogens is 434 g/mol. The van der Waals surface area contributed by atoms with Crippen LogP contribution < -0.4 is 9.47 Å². The number of methoxy groups -OCH3 is 2. The first-order valence-corrected chi connectivity index (χ1v) is 11.0. The van der Waals surface area contributed by atoms with Gasteiger partial charge in [0, 0.05) is 21.5 Å². The summed E-state index contributed by atoms with van der Waals surface area (Å²) in [5, 5.41) is 14.2. The number of nitrogens with zero attached hydrogens (tertiary/aromatic N) is 1. The fourth-order valence-electron chi connectivity index (χ4n) is 3.68. The Balaban J connectivity index is 1.87. The molecule has 4 rings (SSSR count). The Hall–Kier alpha value is -3.69. The standard InChI is InChI=1S/C23H19NO7S/c1-29-21-17-10-6-7-11-18(17)22(30-2)20-14-16(12-13-19(20)21)32(27,28)31-23(24(25)26)15-8-4-3-5-9-15/h3-14,23H,1-2H3. The Bertz CT molecular complexity index is 1420. The summed E-state index contributed by atoms with van der Waals surface area (Å²) in [6.07, 6.45) is -1.87. The molecular formula is C23H19NO7S. The van der Waals surface area contributed by atoms with Crippen LogP contribution in [0.3, 0.4) is 0 Å². The van der Waals surface area contributed by atoms with Crippen molar-refractivity contribution >= 4 is 31.7 Å². The van der Waals surface area contributed by atoms with Gasteiger partial charge in [-0.2, -0.15) is 12.6 Å². The van der Waals surface area contributed by atoms with E-state index in [0.29, 0.717) is 22.3 Å². The van der Waals surface area contributed by atoms with Gasteiger partial charge in [0.2, 0.25) is 0 Å². The largest absolute Gasteiger partial charge is 0.495 e. The second-order valence-corrected chi connectivity index (χ2v) is 8.49. The van der Waals surface area contributed by atoms with Crippen LogP contribution in [0.4, 0.5) is 0 Å². The number of hydrogen-bond acceptors (Lipinski definition) is 7. The quantitative estimate of drug-likeness (QED) is 0.131. The highest BCUT2D eigenvalue weighted by Gasteiger charge is 2.32. The Morgan fingerprint density at radius 3 is 1.88 bits per heavy atom. The van der Waals surface area contributed by atoms with E-state index in [1.807, 2.05) is 24.3 Å². The molecule has 0 N–H and O–H groups in total. The summed E-state index contributed by atoms with van der Waals surface area (Å²) in [6.45, 7) is 0. The third-order valence-electron chi connectivity index (χ3n) is 5.09. The van der Waals surface area contributed by atoms with Crippen LogP contribution in [-0.2, 0) is 14.3 Å². The molecule has 0 aliphatic heterocycles. The Labute approximate surface area is 184 Å². The topological polar surface area (TPSA) is 105 Å². The van der Waals surface area contributed by atoms with Crippen molar-refractivity contribution in [1.29, 1.82) is 0 Å². The smallest absolute Gasteiger partial charge is 0.356 e. The lowest BCUT2D eigenvalue weighted by Crippen LogP contribution is -2.19. The third kappa shape index (κ3) is 3.72. The van der Waals surface area contributed by atoms with E-state index in [0.717, 1.165) is 10.8 Å². The van der Waals surface area contributed by atoms with Gasteiger partial charge in [0.25, 0.3) is 0 Å². The lowest BCUT2D eigenvalue weighted by molar-refractivity contribution is -0.570. The molecule has 1 unspecified atom stereocenters. The SMILES string of the molecule is COc1c2ccccc2c(OC)c2cc(S(=O)(=O)OC(c3ccccc3)[N+](=O)[O-])ccc12. The molecule has 0 heterocycles. The third-order valence-corrected chi connectivity index (χ3v) is 6.35. The van der Waals surface area contributed by atoms with Crippen LogP contribution in [0.15, 0.2) is 77.7 Å². The van der Waals surface area contributed by atoms with Crippen molar-refractivity contribution in [2.24, 2.45) is 0 Å². The van der Waals surface area contributed by atoms with Crippen LogP contribution in [0.25, 0.3) is 21.5 Å². The maximum absolute atomic E-state index is 13.0. The Morgan fingerprint density at radius 1 is 0.781 bits per heavy atom. The van der Waals surface area contributed by atoms with Crippen LogP contribution in [0.5, 0.6) is 11.5 Å². The van der Waals surface area contributed by atoms with Crippen molar-refractivity contribution in [3.63, 3.8) is 0 Å². The summed E-state index contributed by atoms with van der Waals surface area (Å²) >= 11 is 0. The normalized spacial score (nSPS) is 12.6. The van der Waals surface area contributed by atoms with Crippen molar-refractivity contribution in [3.8, 4) is 11.5 Å². The number of ether oxygens (including phenoxy) is 2. The second-order valence-electron chi connectivity index (χ2n) is 6.92. The summed E-state index contributed by atoms with van der Waals surface area (Å²) in [4.78, 5) is 10.5. The summed E-state index contributed by atoms with van der Waals surface area (Å²) in [5.41, 5.74) is 0.118. The molecule has 9 heteroatoms. The average molecular weight is 453 g/mol. The van der Waals surface area contributed by atoms with Gasteiger partial charge in [0.15, 0.2) is 0 Å². The van der Waals surface area contributed by atoms with Crippen LogP contribution in [0.1, 0.15) is 11.8 Å². The first-order chi connectivity index (χ1) is 15.4. The number of rotatable bonds is 7. The van der Waals surface area contributed by atoms with Gasteiger partial charge in [-0.05, 0) is 30.3 Å². The highest BCUT2D eigenvalue weighted by atomic mass is 32.2. The minimum atomic E-state index is -4.48. The van der Waals surface area contributed by atoms with Gasteiger partial charge in [-0.3, -0.25) is 10.1 Å². The molecule has 4 aromatic rings. The number of fused-ring (bicyclic) bond motifs is 2. The van der Waals surface area contributed by atoms with E-state index >= 15 is 0 Å².